The highest BCUT2D eigenvalue weighted by Crippen LogP contribution is 2.33. The fourth-order valence-electron chi connectivity index (χ4n) is 3.95. The van der Waals surface area contributed by atoms with E-state index in [1.807, 2.05) is 0 Å². The van der Waals surface area contributed by atoms with Gasteiger partial charge in [-0.25, -0.2) is 9.18 Å². The Balaban J connectivity index is 1.43. The molecule has 3 amide bonds. The van der Waals surface area contributed by atoms with Crippen LogP contribution in [0.15, 0.2) is 42.5 Å². The van der Waals surface area contributed by atoms with E-state index in [4.69, 9.17) is 14.2 Å². The fraction of sp³-hybridized carbons (Fsp3) is 0.391. The van der Waals surface area contributed by atoms with Crippen LogP contribution in [0.4, 0.5) is 14.9 Å². The van der Waals surface area contributed by atoms with Crippen molar-refractivity contribution in [2.75, 3.05) is 45.3 Å². The van der Waals surface area contributed by atoms with Gasteiger partial charge < -0.3 is 29.7 Å². The topological polar surface area (TPSA) is 89.1 Å². The third-order valence-corrected chi connectivity index (χ3v) is 5.70. The predicted molar refractivity (Wildman–Crippen MR) is 116 cm³/mol. The number of methoxy groups -OCH3 is 1. The number of likely N-dealkylation sites (tertiary alicyclic amines) is 1. The van der Waals surface area contributed by atoms with Gasteiger partial charge in [-0.1, -0.05) is 0 Å². The molecule has 170 valence electrons. The lowest BCUT2D eigenvalue weighted by Gasteiger charge is -2.30. The highest BCUT2D eigenvalue weighted by atomic mass is 19.1. The highest BCUT2D eigenvalue weighted by molar-refractivity contribution is 5.95. The van der Waals surface area contributed by atoms with Crippen molar-refractivity contribution in [3.05, 3.63) is 53.8 Å². The number of ether oxygens (including phenoxy) is 3. The van der Waals surface area contributed by atoms with Crippen LogP contribution in [0, 0.1) is 5.82 Å². The smallest absolute Gasteiger partial charge is 0.321 e. The quantitative estimate of drug-likeness (QED) is 0.717. The Bertz CT molecular complexity index is 984. The van der Waals surface area contributed by atoms with Crippen molar-refractivity contribution < 1.29 is 28.2 Å². The summed E-state index contributed by atoms with van der Waals surface area (Å²) in [5.41, 5.74) is 0.331. The standard InChI is InChI=1S/C23H26FN3O5/c1-30-11-9-23(26-21(28)16-2-4-17(24)5-3-16)8-10-27(15-23)22(29)25-18-6-7-19-20(14-18)32-13-12-31-19/h2-7,14H,8-13,15H2,1H3,(H,25,29)(H,26,28). The van der Waals surface area contributed by atoms with Crippen LogP contribution in [0.2, 0.25) is 0 Å². The molecule has 9 heteroatoms. The Morgan fingerprint density at radius 3 is 2.62 bits per heavy atom. The van der Waals surface area contributed by atoms with E-state index in [0.717, 1.165) is 0 Å². The molecule has 2 aromatic carbocycles. The molecule has 0 saturated carbocycles. The molecule has 2 heterocycles. The molecule has 1 saturated heterocycles. The molecule has 2 N–H and O–H groups in total. The number of urea groups is 1. The number of halogens is 1. The Kier molecular flexibility index (Phi) is 6.45. The maximum atomic E-state index is 13.2. The third-order valence-electron chi connectivity index (χ3n) is 5.70. The van der Waals surface area contributed by atoms with Crippen molar-refractivity contribution in [2.45, 2.75) is 18.4 Å². The number of benzene rings is 2. The summed E-state index contributed by atoms with van der Waals surface area (Å²) >= 11 is 0. The van der Waals surface area contributed by atoms with E-state index in [1.54, 1.807) is 30.2 Å². The van der Waals surface area contributed by atoms with Crippen LogP contribution in [0.3, 0.4) is 0 Å². The molecule has 1 fully saturated rings. The molecule has 2 aliphatic rings. The van der Waals surface area contributed by atoms with Gasteiger partial charge in [0.05, 0.1) is 5.54 Å². The molecule has 32 heavy (non-hydrogen) atoms. The van der Waals surface area contributed by atoms with E-state index in [1.165, 1.54) is 24.3 Å². The second kappa shape index (κ2) is 9.44. The maximum Gasteiger partial charge on any atom is 0.321 e. The van der Waals surface area contributed by atoms with Crippen molar-refractivity contribution in [3.8, 4) is 11.5 Å². The number of amides is 3. The van der Waals surface area contributed by atoms with Crippen molar-refractivity contribution in [1.29, 1.82) is 0 Å². The van der Waals surface area contributed by atoms with Crippen LogP contribution < -0.4 is 20.1 Å². The van der Waals surface area contributed by atoms with Crippen LogP contribution in [0.25, 0.3) is 0 Å². The molecule has 2 aliphatic heterocycles. The largest absolute Gasteiger partial charge is 0.486 e. The summed E-state index contributed by atoms with van der Waals surface area (Å²) in [7, 11) is 1.59. The van der Waals surface area contributed by atoms with Gasteiger partial charge in [0.25, 0.3) is 5.91 Å². The zero-order chi connectivity index (χ0) is 22.6. The highest BCUT2D eigenvalue weighted by Gasteiger charge is 2.41. The summed E-state index contributed by atoms with van der Waals surface area (Å²) in [6.45, 7) is 2.21. The molecule has 8 nitrogen and oxygen atoms in total. The molecule has 0 spiro atoms. The van der Waals surface area contributed by atoms with Crippen LogP contribution >= 0.6 is 0 Å². The average molecular weight is 443 g/mol. The zero-order valence-corrected chi connectivity index (χ0v) is 17.9. The molecular formula is C23H26FN3O5. The van der Waals surface area contributed by atoms with E-state index < -0.39 is 11.4 Å². The number of carbonyl (C=O) groups is 2. The Morgan fingerprint density at radius 2 is 1.88 bits per heavy atom. The zero-order valence-electron chi connectivity index (χ0n) is 17.9. The second-order valence-electron chi connectivity index (χ2n) is 7.94. The lowest BCUT2D eigenvalue weighted by molar-refractivity contribution is 0.0867. The van der Waals surface area contributed by atoms with Gasteiger partial charge in [0, 0.05) is 44.1 Å². The molecule has 2 aromatic rings. The Hall–Kier alpha value is -3.33. The Labute approximate surface area is 185 Å². The monoisotopic (exact) mass is 443 g/mol. The summed E-state index contributed by atoms with van der Waals surface area (Å²) in [4.78, 5) is 27.3. The summed E-state index contributed by atoms with van der Waals surface area (Å²) in [5, 5.41) is 5.94. The lowest BCUT2D eigenvalue weighted by Crippen LogP contribution is -2.52. The third kappa shape index (κ3) is 4.94. The number of hydrogen-bond donors (Lipinski definition) is 2. The summed E-state index contributed by atoms with van der Waals surface area (Å²) in [5.74, 6) is 0.530. The van der Waals surface area contributed by atoms with Crippen molar-refractivity contribution in [3.63, 3.8) is 0 Å². The van der Waals surface area contributed by atoms with Gasteiger partial charge in [0.2, 0.25) is 0 Å². The lowest BCUT2D eigenvalue weighted by atomic mass is 9.94. The summed E-state index contributed by atoms with van der Waals surface area (Å²) < 4.78 is 29.5. The van der Waals surface area contributed by atoms with E-state index in [9.17, 15) is 14.0 Å². The summed E-state index contributed by atoms with van der Waals surface area (Å²) in [6, 6.07) is 10.4. The first-order chi connectivity index (χ1) is 15.5. The first-order valence-electron chi connectivity index (χ1n) is 10.5. The molecule has 4 rings (SSSR count). The number of hydrogen-bond acceptors (Lipinski definition) is 5. The van der Waals surface area contributed by atoms with Gasteiger partial charge in [0.1, 0.15) is 19.0 Å². The second-order valence-corrected chi connectivity index (χ2v) is 7.94. The predicted octanol–water partition coefficient (Wildman–Crippen LogP) is 3.04. The minimum absolute atomic E-state index is 0.267. The fourth-order valence-corrected chi connectivity index (χ4v) is 3.95. The number of fused-ring (bicyclic) bond motifs is 1. The first-order valence-corrected chi connectivity index (χ1v) is 10.5. The van der Waals surface area contributed by atoms with Crippen LogP contribution in [-0.4, -0.2) is 62.4 Å². The van der Waals surface area contributed by atoms with E-state index in [0.29, 0.717) is 68.5 Å². The number of rotatable bonds is 6. The van der Waals surface area contributed by atoms with Crippen LogP contribution in [-0.2, 0) is 4.74 Å². The van der Waals surface area contributed by atoms with Gasteiger partial charge in [-0.2, -0.15) is 0 Å². The van der Waals surface area contributed by atoms with Gasteiger partial charge in [-0.15, -0.1) is 0 Å². The normalized spacial score (nSPS) is 19.5. The molecule has 0 aromatic heterocycles. The molecule has 0 radical (unpaired) electrons. The average Bonchev–Trinajstić information content (AvgIpc) is 3.22. The van der Waals surface area contributed by atoms with Crippen LogP contribution in [0.5, 0.6) is 11.5 Å². The van der Waals surface area contributed by atoms with Gasteiger partial charge >= 0.3 is 6.03 Å². The number of anilines is 1. The molecule has 1 unspecified atom stereocenters. The van der Waals surface area contributed by atoms with Crippen LogP contribution in [0.1, 0.15) is 23.2 Å². The van der Waals surface area contributed by atoms with Crippen molar-refractivity contribution >= 4 is 17.6 Å². The minimum atomic E-state index is -0.633. The van der Waals surface area contributed by atoms with Gasteiger partial charge in [-0.3, -0.25) is 4.79 Å². The van der Waals surface area contributed by atoms with E-state index in [-0.39, 0.29) is 11.9 Å². The minimum Gasteiger partial charge on any atom is -0.486 e. The molecule has 0 aliphatic carbocycles. The number of carbonyl (C=O) groups excluding carboxylic acids is 2. The Morgan fingerprint density at radius 1 is 1.12 bits per heavy atom. The first kappa shape index (κ1) is 21.9. The van der Waals surface area contributed by atoms with E-state index in [2.05, 4.69) is 10.6 Å². The summed E-state index contributed by atoms with van der Waals surface area (Å²) in [6.07, 6.45) is 1.13. The van der Waals surface area contributed by atoms with Crippen molar-refractivity contribution in [2.24, 2.45) is 0 Å². The van der Waals surface area contributed by atoms with E-state index >= 15 is 0 Å². The van der Waals surface area contributed by atoms with Gasteiger partial charge in [-0.05, 0) is 49.2 Å². The molecular weight excluding hydrogens is 417 g/mol. The van der Waals surface area contributed by atoms with Crippen molar-refractivity contribution in [1.82, 2.24) is 10.2 Å². The molecule has 0 bridgehead atoms. The number of nitrogens with zero attached hydrogens (tertiary/aromatic N) is 1. The SMILES string of the molecule is COCCC1(NC(=O)c2ccc(F)cc2)CCN(C(=O)Nc2ccc3c(c2)OCCO3)C1. The molecule has 1 atom stereocenters. The van der Waals surface area contributed by atoms with Gasteiger partial charge in [0.15, 0.2) is 11.5 Å². The maximum absolute atomic E-state index is 13.2. The number of nitrogens with one attached hydrogen (secondary N) is 2.